The molecular weight excluding hydrogens is 158 g/mol. The quantitative estimate of drug-likeness (QED) is 0.526. The second-order valence-corrected chi connectivity index (χ2v) is 2.14. The topological polar surface area (TPSA) is 69.6 Å². The highest BCUT2D eigenvalue weighted by atomic mass is 35.5. The van der Waals surface area contributed by atoms with Crippen molar-refractivity contribution in [1.82, 2.24) is 5.32 Å². The van der Waals surface area contributed by atoms with E-state index in [-0.39, 0.29) is 12.4 Å². The summed E-state index contributed by atoms with van der Waals surface area (Å²) in [5.74, 6) is 0.140. The van der Waals surface area contributed by atoms with Crippen LogP contribution in [0, 0.1) is 0 Å². The van der Waals surface area contributed by atoms with Gasteiger partial charge in [0.15, 0.2) is 0 Å². The van der Waals surface area contributed by atoms with Crippen LogP contribution in [0.5, 0.6) is 0 Å². The zero-order valence-electron chi connectivity index (χ0n) is 5.38. The van der Waals surface area contributed by atoms with Gasteiger partial charge in [-0.25, -0.2) is 4.79 Å². The molecule has 0 aromatic carbocycles. The number of aliphatic hydroxyl groups is 1. The molecule has 1 atom stereocenters. The summed E-state index contributed by atoms with van der Waals surface area (Å²) in [6.45, 7) is 0.239. The van der Waals surface area contributed by atoms with Gasteiger partial charge < -0.3 is 15.5 Å². The molecule has 0 saturated heterocycles. The molecule has 0 heterocycles. The number of hydrogen-bond donors (Lipinski definition) is 3. The second kappa shape index (κ2) is 5.32. The Bertz CT molecular complexity index is 109. The predicted molar refractivity (Wildman–Crippen MR) is 37.4 cm³/mol. The van der Waals surface area contributed by atoms with Crippen molar-refractivity contribution in [2.24, 2.45) is 0 Å². The summed E-state index contributed by atoms with van der Waals surface area (Å²) in [4.78, 5) is 9.84. The van der Waals surface area contributed by atoms with Crippen molar-refractivity contribution in [3.63, 3.8) is 0 Å². The molecule has 0 unspecified atom stereocenters. The maximum absolute atomic E-state index is 9.84. The second-order valence-electron chi connectivity index (χ2n) is 1.83. The van der Waals surface area contributed by atoms with E-state index in [1.165, 1.54) is 0 Å². The summed E-state index contributed by atoms with van der Waals surface area (Å²) >= 11 is 5.24. The van der Waals surface area contributed by atoms with Gasteiger partial charge in [0.1, 0.15) is 0 Å². The number of amides is 1. The summed E-state index contributed by atoms with van der Waals surface area (Å²) < 4.78 is 0. The minimum atomic E-state index is -1.08. The Morgan fingerprint density at radius 2 is 2.30 bits per heavy atom. The average Bonchev–Trinajstić information content (AvgIpc) is 1.87. The maximum Gasteiger partial charge on any atom is 0.404 e. The fourth-order valence-corrected chi connectivity index (χ4v) is 0.577. The molecule has 0 aliphatic rings. The minimum Gasteiger partial charge on any atom is -0.465 e. The molecule has 0 aliphatic carbocycles. The van der Waals surface area contributed by atoms with Gasteiger partial charge in [0.2, 0.25) is 0 Å². The van der Waals surface area contributed by atoms with Crippen LogP contribution in [0.2, 0.25) is 0 Å². The molecule has 0 saturated carbocycles. The van der Waals surface area contributed by atoms with Crippen molar-refractivity contribution in [1.29, 1.82) is 0 Å². The number of carboxylic acid groups (broad SMARTS) is 1. The first-order chi connectivity index (χ1) is 4.66. The Kier molecular flexibility index (Phi) is 5.06. The largest absolute Gasteiger partial charge is 0.465 e. The highest BCUT2D eigenvalue weighted by Crippen LogP contribution is 1.91. The van der Waals surface area contributed by atoms with Crippen molar-refractivity contribution in [3.8, 4) is 0 Å². The molecule has 1 amide bonds. The molecule has 0 aromatic rings. The Morgan fingerprint density at radius 3 is 2.70 bits per heavy atom. The van der Waals surface area contributed by atoms with E-state index in [1.54, 1.807) is 0 Å². The van der Waals surface area contributed by atoms with E-state index in [0.29, 0.717) is 6.42 Å². The van der Waals surface area contributed by atoms with Crippen LogP contribution in [0.25, 0.3) is 0 Å². The number of aliphatic hydroxyl groups excluding tert-OH is 1. The third-order valence-corrected chi connectivity index (χ3v) is 1.29. The van der Waals surface area contributed by atoms with E-state index in [9.17, 15) is 4.79 Å². The summed E-state index contributed by atoms with van der Waals surface area (Å²) in [6.07, 6.45) is -1.34. The first-order valence-corrected chi connectivity index (χ1v) is 3.41. The third-order valence-electron chi connectivity index (χ3n) is 0.932. The molecule has 5 heteroatoms. The van der Waals surface area contributed by atoms with E-state index >= 15 is 0 Å². The first kappa shape index (κ1) is 9.52. The molecule has 3 N–H and O–H groups in total. The summed E-state index contributed by atoms with van der Waals surface area (Å²) in [6, 6.07) is 0. The fourth-order valence-electron chi connectivity index (χ4n) is 0.423. The Morgan fingerprint density at radius 1 is 1.70 bits per heavy atom. The standard InChI is InChI=1S/C5H10ClNO3/c6-3-4(8)1-2-7-5(9)10/h4,7-8H,1-3H2,(H,9,10)/t4-/m1/s1. The monoisotopic (exact) mass is 167 g/mol. The van der Waals surface area contributed by atoms with Crippen LogP contribution in [-0.4, -0.2) is 34.8 Å². The van der Waals surface area contributed by atoms with Gasteiger partial charge in [-0.2, -0.15) is 0 Å². The van der Waals surface area contributed by atoms with Crippen LogP contribution in [0.1, 0.15) is 6.42 Å². The average molecular weight is 168 g/mol. The molecule has 0 aromatic heterocycles. The summed E-state index contributed by atoms with van der Waals surface area (Å²) in [7, 11) is 0. The van der Waals surface area contributed by atoms with Crippen molar-refractivity contribution in [2.45, 2.75) is 12.5 Å². The predicted octanol–water partition coefficient (Wildman–Crippen LogP) is 0.244. The van der Waals surface area contributed by atoms with Gasteiger partial charge in [-0.3, -0.25) is 0 Å². The van der Waals surface area contributed by atoms with Crippen LogP contribution in [0.3, 0.4) is 0 Å². The number of carbonyl (C=O) groups is 1. The van der Waals surface area contributed by atoms with Crippen molar-refractivity contribution in [2.75, 3.05) is 12.4 Å². The van der Waals surface area contributed by atoms with Gasteiger partial charge in [-0.1, -0.05) is 0 Å². The first-order valence-electron chi connectivity index (χ1n) is 2.87. The lowest BCUT2D eigenvalue weighted by Crippen LogP contribution is -2.25. The molecule has 4 nitrogen and oxygen atoms in total. The minimum absolute atomic E-state index is 0.140. The van der Waals surface area contributed by atoms with Crippen LogP contribution < -0.4 is 5.32 Å². The summed E-state index contributed by atoms with van der Waals surface area (Å²) in [5.41, 5.74) is 0. The Labute approximate surface area is 63.8 Å². The van der Waals surface area contributed by atoms with Gasteiger partial charge in [0, 0.05) is 12.4 Å². The lowest BCUT2D eigenvalue weighted by molar-refractivity contribution is 0.177. The molecular formula is C5H10ClNO3. The number of hydrogen-bond acceptors (Lipinski definition) is 2. The van der Waals surface area contributed by atoms with Crippen molar-refractivity contribution in [3.05, 3.63) is 0 Å². The Balaban J connectivity index is 3.11. The third kappa shape index (κ3) is 5.65. The molecule has 0 bridgehead atoms. The fraction of sp³-hybridized carbons (Fsp3) is 0.800. The van der Waals surface area contributed by atoms with Gasteiger partial charge >= 0.3 is 6.09 Å². The van der Waals surface area contributed by atoms with E-state index in [4.69, 9.17) is 21.8 Å². The van der Waals surface area contributed by atoms with Crippen molar-refractivity contribution < 1.29 is 15.0 Å². The summed E-state index contributed by atoms with van der Waals surface area (Å²) in [5, 5.41) is 19.0. The van der Waals surface area contributed by atoms with E-state index in [2.05, 4.69) is 5.32 Å². The highest BCUT2D eigenvalue weighted by Gasteiger charge is 2.01. The number of halogens is 1. The van der Waals surface area contributed by atoms with Gasteiger partial charge in [0.05, 0.1) is 6.10 Å². The van der Waals surface area contributed by atoms with Crippen LogP contribution in [0.4, 0.5) is 4.79 Å². The maximum atomic E-state index is 9.84. The zero-order valence-corrected chi connectivity index (χ0v) is 6.14. The smallest absolute Gasteiger partial charge is 0.404 e. The molecule has 60 valence electrons. The van der Waals surface area contributed by atoms with E-state index in [1.807, 2.05) is 0 Å². The van der Waals surface area contributed by atoms with Gasteiger partial charge in [-0.15, -0.1) is 11.6 Å². The van der Waals surface area contributed by atoms with E-state index in [0.717, 1.165) is 0 Å². The van der Waals surface area contributed by atoms with Crippen LogP contribution >= 0.6 is 11.6 Å². The normalized spacial score (nSPS) is 12.6. The van der Waals surface area contributed by atoms with Gasteiger partial charge in [0.25, 0.3) is 0 Å². The molecule has 10 heavy (non-hydrogen) atoms. The molecule has 0 fully saturated rings. The highest BCUT2D eigenvalue weighted by molar-refractivity contribution is 6.18. The van der Waals surface area contributed by atoms with E-state index < -0.39 is 12.2 Å². The molecule has 0 spiro atoms. The zero-order chi connectivity index (χ0) is 7.98. The van der Waals surface area contributed by atoms with Gasteiger partial charge in [-0.05, 0) is 6.42 Å². The molecule has 0 rings (SSSR count). The van der Waals surface area contributed by atoms with Crippen LogP contribution in [0.15, 0.2) is 0 Å². The molecule has 0 aliphatic heterocycles. The Hall–Kier alpha value is -0.480. The lowest BCUT2D eigenvalue weighted by atomic mass is 10.3. The number of alkyl halides is 1. The lowest BCUT2D eigenvalue weighted by Gasteiger charge is -2.04. The number of rotatable bonds is 4. The number of nitrogens with one attached hydrogen (secondary N) is 1. The van der Waals surface area contributed by atoms with Crippen molar-refractivity contribution >= 4 is 17.7 Å². The van der Waals surface area contributed by atoms with Crippen LogP contribution in [-0.2, 0) is 0 Å². The SMILES string of the molecule is O=C(O)NCC[C@@H](O)CCl. The molecule has 0 radical (unpaired) electrons.